The predicted octanol–water partition coefficient (Wildman–Crippen LogP) is 4.35. The normalized spacial score (nSPS) is 26.5. The predicted molar refractivity (Wildman–Crippen MR) is 117 cm³/mol. The summed E-state index contributed by atoms with van der Waals surface area (Å²) < 4.78 is 35.5. The summed E-state index contributed by atoms with van der Waals surface area (Å²) in [5.74, 6) is 1.96. The molecule has 4 aliphatic rings. The summed E-state index contributed by atoms with van der Waals surface area (Å²) >= 11 is 3.36. The van der Waals surface area contributed by atoms with Gasteiger partial charge >= 0.3 is 0 Å². The van der Waals surface area contributed by atoms with Gasteiger partial charge in [0, 0.05) is 17.1 Å². The highest BCUT2D eigenvalue weighted by atomic mass is 79.9. The van der Waals surface area contributed by atoms with Crippen LogP contribution in [0, 0.1) is 11.3 Å². The number of hydrogen-bond acceptors (Lipinski definition) is 5. The van der Waals surface area contributed by atoms with Crippen molar-refractivity contribution < 1.29 is 13.2 Å². The Bertz CT molecular complexity index is 1180. The first-order valence-electron chi connectivity index (χ1n) is 9.98. The first-order valence-corrected chi connectivity index (χ1v) is 12.4. The number of nitrogens with zero attached hydrogens (tertiary/aromatic N) is 3. The van der Waals surface area contributed by atoms with Gasteiger partial charge in [-0.05, 0) is 61.6 Å². The SMILES string of the molecule is N#Cc1cc(Br)ccc1Oc1ccc(C23CCC(CC2)N2CCS(=O)(=O)N=C23)cc1. The van der Waals surface area contributed by atoms with Crippen LogP contribution >= 0.6 is 15.9 Å². The Kier molecular flexibility index (Phi) is 4.64. The Balaban J connectivity index is 1.48. The molecule has 0 aromatic heterocycles. The van der Waals surface area contributed by atoms with Crippen molar-refractivity contribution in [1.82, 2.24) is 4.90 Å². The van der Waals surface area contributed by atoms with Crippen LogP contribution in [-0.2, 0) is 15.4 Å². The molecule has 0 N–H and O–H groups in total. The topological polar surface area (TPSA) is 82.8 Å². The van der Waals surface area contributed by atoms with E-state index in [2.05, 4.69) is 31.3 Å². The molecule has 154 valence electrons. The van der Waals surface area contributed by atoms with E-state index >= 15 is 0 Å². The highest BCUT2D eigenvalue weighted by molar-refractivity contribution is 9.10. The van der Waals surface area contributed by atoms with Gasteiger partial charge in [-0.25, -0.2) is 8.42 Å². The van der Waals surface area contributed by atoms with Gasteiger partial charge in [-0.15, -0.1) is 4.40 Å². The molecule has 1 aliphatic carbocycles. The maximum atomic E-state index is 12.2. The Morgan fingerprint density at radius 2 is 1.90 bits per heavy atom. The third kappa shape index (κ3) is 3.21. The van der Waals surface area contributed by atoms with E-state index in [1.54, 1.807) is 12.1 Å². The average Bonchev–Trinajstić information content (AvgIpc) is 2.75. The second-order valence-electron chi connectivity index (χ2n) is 8.09. The summed E-state index contributed by atoms with van der Waals surface area (Å²) in [4.78, 5) is 2.22. The third-order valence-electron chi connectivity index (χ3n) is 6.46. The molecule has 0 unspecified atom stereocenters. The molecule has 6 rings (SSSR count). The fraction of sp³-hybridized carbons (Fsp3) is 0.364. The van der Waals surface area contributed by atoms with Crippen LogP contribution in [0.25, 0.3) is 0 Å². The zero-order valence-corrected chi connectivity index (χ0v) is 18.6. The van der Waals surface area contributed by atoms with Crippen LogP contribution in [0.3, 0.4) is 0 Å². The minimum atomic E-state index is -3.39. The van der Waals surface area contributed by atoms with Crippen molar-refractivity contribution in [3.8, 4) is 17.6 Å². The Morgan fingerprint density at radius 1 is 1.17 bits per heavy atom. The van der Waals surface area contributed by atoms with E-state index in [0.29, 0.717) is 29.6 Å². The molecule has 3 aliphatic heterocycles. The summed E-state index contributed by atoms with van der Waals surface area (Å²) in [6.07, 6.45) is 3.94. The van der Waals surface area contributed by atoms with Crippen LogP contribution < -0.4 is 4.74 Å². The highest BCUT2D eigenvalue weighted by Gasteiger charge is 2.52. The van der Waals surface area contributed by atoms with Gasteiger partial charge < -0.3 is 9.64 Å². The number of rotatable bonds is 3. The number of ether oxygens (including phenoxy) is 1. The zero-order chi connectivity index (χ0) is 20.9. The maximum Gasteiger partial charge on any atom is 0.256 e. The Hall–Kier alpha value is -2.37. The van der Waals surface area contributed by atoms with E-state index in [1.807, 2.05) is 30.3 Å². The molecule has 2 saturated heterocycles. The first-order chi connectivity index (χ1) is 14.4. The van der Waals surface area contributed by atoms with Crippen LogP contribution in [-0.4, -0.2) is 37.5 Å². The fourth-order valence-corrected chi connectivity index (χ4v) is 6.39. The lowest BCUT2D eigenvalue weighted by Gasteiger charge is -2.55. The maximum absolute atomic E-state index is 12.2. The Labute approximate surface area is 184 Å². The van der Waals surface area contributed by atoms with Crippen molar-refractivity contribution in [2.24, 2.45) is 4.40 Å². The minimum Gasteiger partial charge on any atom is -0.456 e. The van der Waals surface area contributed by atoms with Crippen molar-refractivity contribution in [1.29, 1.82) is 5.26 Å². The van der Waals surface area contributed by atoms with E-state index < -0.39 is 10.0 Å². The molecule has 2 aromatic rings. The lowest BCUT2D eigenvalue weighted by atomic mass is 9.63. The zero-order valence-electron chi connectivity index (χ0n) is 16.2. The van der Waals surface area contributed by atoms with E-state index in [4.69, 9.17) is 4.74 Å². The van der Waals surface area contributed by atoms with E-state index in [1.165, 1.54) is 0 Å². The smallest absolute Gasteiger partial charge is 0.256 e. The average molecular weight is 486 g/mol. The van der Waals surface area contributed by atoms with Crippen molar-refractivity contribution >= 4 is 31.8 Å². The molecule has 0 spiro atoms. The van der Waals surface area contributed by atoms with Crippen LogP contribution in [0.4, 0.5) is 0 Å². The minimum absolute atomic E-state index is 0.101. The lowest BCUT2D eigenvalue weighted by molar-refractivity contribution is 0.151. The number of benzene rings is 2. The second kappa shape index (κ2) is 7.10. The summed E-state index contributed by atoms with van der Waals surface area (Å²) in [6, 6.07) is 15.7. The van der Waals surface area contributed by atoms with Crippen molar-refractivity contribution in [3.05, 3.63) is 58.1 Å². The first kappa shape index (κ1) is 19.6. The van der Waals surface area contributed by atoms with Gasteiger partial charge in [-0.1, -0.05) is 28.1 Å². The highest BCUT2D eigenvalue weighted by Crippen LogP contribution is 2.49. The molecule has 0 radical (unpaired) electrons. The fourth-order valence-electron chi connectivity index (χ4n) is 4.96. The van der Waals surface area contributed by atoms with Crippen LogP contribution in [0.2, 0.25) is 0 Å². The summed E-state index contributed by atoms with van der Waals surface area (Å²) in [6.45, 7) is 0.537. The molecular formula is C22H20BrN3O3S. The van der Waals surface area contributed by atoms with Crippen molar-refractivity contribution in [2.75, 3.05) is 12.3 Å². The Morgan fingerprint density at radius 3 is 2.60 bits per heavy atom. The number of halogens is 1. The van der Waals surface area contributed by atoms with Crippen LogP contribution in [0.1, 0.15) is 36.8 Å². The third-order valence-corrected chi connectivity index (χ3v) is 8.10. The molecule has 2 bridgehead atoms. The second-order valence-corrected chi connectivity index (χ2v) is 10.8. The number of sulfonamides is 1. The number of amidine groups is 1. The molecule has 1 saturated carbocycles. The number of piperidine rings is 2. The van der Waals surface area contributed by atoms with Crippen LogP contribution in [0.5, 0.6) is 11.5 Å². The summed E-state index contributed by atoms with van der Waals surface area (Å²) in [5, 5.41) is 9.34. The van der Waals surface area contributed by atoms with Gasteiger partial charge in [0.05, 0.1) is 16.7 Å². The lowest BCUT2D eigenvalue weighted by Crippen LogP contribution is -2.62. The van der Waals surface area contributed by atoms with E-state index in [-0.39, 0.29) is 11.2 Å². The number of hydrogen-bond donors (Lipinski definition) is 0. The van der Waals surface area contributed by atoms with Crippen molar-refractivity contribution in [3.63, 3.8) is 0 Å². The molecule has 2 aromatic carbocycles. The largest absolute Gasteiger partial charge is 0.456 e. The van der Waals surface area contributed by atoms with Gasteiger partial charge in [-0.2, -0.15) is 5.26 Å². The molecule has 30 heavy (non-hydrogen) atoms. The molecule has 3 heterocycles. The summed E-state index contributed by atoms with van der Waals surface area (Å²) in [5.41, 5.74) is 1.18. The van der Waals surface area contributed by atoms with Gasteiger partial charge in [0.1, 0.15) is 23.4 Å². The quantitative estimate of drug-likeness (QED) is 0.644. The number of nitriles is 1. The molecular weight excluding hydrogens is 466 g/mol. The standard InChI is InChI=1S/C22H20BrN3O3S/c23-17-3-6-20(15(13-17)14-24)29-19-4-1-16(2-5-19)22-9-7-18(8-10-22)26-11-12-30(27,28)25-21(22)26/h1-6,13,18H,7-12H2. The van der Waals surface area contributed by atoms with Gasteiger partial charge in [-0.3, -0.25) is 0 Å². The molecule has 3 fully saturated rings. The van der Waals surface area contributed by atoms with Gasteiger partial charge in [0.2, 0.25) is 0 Å². The van der Waals surface area contributed by atoms with Gasteiger partial charge in [0.15, 0.2) is 0 Å². The van der Waals surface area contributed by atoms with Crippen LogP contribution in [0.15, 0.2) is 51.3 Å². The molecule has 0 atom stereocenters. The van der Waals surface area contributed by atoms with Crippen molar-refractivity contribution in [2.45, 2.75) is 37.1 Å². The molecule has 0 amide bonds. The molecule has 6 nitrogen and oxygen atoms in total. The number of fused-ring (bicyclic) bond motifs is 2. The summed E-state index contributed by atoms with van der Waals surface area (Å²) in [7, 11) is -3.39. The molecule has 8 heteroatoms. The van der Waals surface area contributed by atoms with E-state index in [0.717, 1.165) is 41.6 Å². The van der Waals surface area contributed by atoms with Gasteiger partial charge in [0.25, 0.3) is 10.0 Å². The monoisotopic (exact) mass is 485 g/mol. The van der Waals surface area contributed by atoms with E-state index in [9.17, 15) is 13.7 Å².